The number of hydrogen-bond acceptors (Lipinski definition) is 3. The summed E-state index contributed by atoms with van der Waals surface area (Å²) < 4.78 is 0.192. The van der Waals surface area contributed by atoms with Gasteiger partial charge in [0.05, 0.1) is 0 Å². The van der Waals surface area contributed by atoms with E-state index in [0.29, 0.717) is 0 Å². The van der Waals surface area contributed by atoms with Crippen LogP contribution in [0.25, 0.3) is 0 Å². The number of benzene rings is 1. The summed E-state index contributed by atoms with van der Waals surface area (Å²) in [5.41, 5.74) is 1.30. The Labute approximate surface area is 144 Å². The van der Waals surface area contributed by atoms with Gasteiger partial charge in [0.1, 0.15) is 0 Å². The minimum Gasteiger partial charge on any atom is -0.354 e. The van der Waals surface area contributed by atoms with Gasteiger partial charge in [-0.15, -0.1) is 11.8 Å². The second-order valence-electron chi connectivity index (χ2n) is 7.05. The standard InChI is InChI=1S/C19H28N2OS/c1-15-4-6-17(7-5-15)23-19(10-2-3-11-19)14-21-18(22)16-8-12-20-13-9-16/h4-7,16,20H,2-3,8-14H2,1H3,(H,21,22). The maximum Gasteiger partial charge on any atom is 0.223 e. The molecular weight excluding hydrogens is 304 g/mol. The second kappa shape index (κ2) is 7.71. The molecule has 0 radical (unpaired) electrons. The zero-order chi connectivity index (χ0) is 16.1. The number of carbonyl (C=O) groups excluding carboxylic acids is 1. The Morgan fingerprint density at radius 3 is 2.52 bits per heavy atom. The highest BCUT2D eigenvalue weighted by atomic mass is 32.2. The normalized spacial score (nSPS) is 21.3. The monoisotopic (exact) mass is 332 g/mol. The molecule has 1 heterocycles. The molecule has 1 aromatic carbocycles. The quantitative estimate of drug-likeness (QED) is 0.867. The van der Waals surface area contributed by atoms with Crippen molar-refractivity contribution < 1.29 is 4.79 Å². The van der Waals surface area contributed by atoms with Gasteiger partial charge in [-0.3, -0.25) is 4.79 Å². The van der Waals surface area contributed by atoms with E-state index in [-0.39, 0.29) is 16.6 Å². The maximum absolute atomic E-state index is 12.4. The van der Waals surface area contributed by atoms with Crippen LogP contribution in [-0.4, -0.2) is 30.3 Å². The van der Waals surface area contributed by atoms with Gasteiger partial charge in [-0.25, -0.2) is 0 Å². The predicted molar refractivity (Wildman–Crippen MR) is 96.8 cm³/mol. The summed E-state index contributed by atoms with van der Waals surface area (Å²) in [6, 6.07) is 8.79. The van der Waals surface area contributed by atoms with E-state index in [2.05, 4.69) is 41.8 Å². The highest BCUT2D eigenvalue weighted by molar-refractivity contribution is 8.00. The first-order valence-corrected chi connectivity index (χ1v) is 9.73. The lowest BCUT2D eigenvalue weighted by molar-refractivity contribution is -0.125. The van der Waals surface area contributed by atoms with Crippen LogP contribution in [0.4, 0.5) is 0 Å². The van der Waals surface area contributed by atoms with E-state index in [4.69, 9.17) is 0 Å². The average molecular weight is 333 g/mol. The number of carbonyl (C=O) groups is 1. The van der Waals surface area contributed by atoms with Crippen LogP contribution in [-0.2, 0) is 4.79 Å². The molecule has 2 N–H and O–H groups in total. The molecule has 0 bridgehead atoms. The number of rotatable bonds is 5. The van der Waals surface area contributed by atoms with Crippen molar-refractivity contribution in [1.82, 2.24) is 10.6 Å². The van der Waals surface area contributed by atoms with E-state index in [1.165, 1.54) is 36.1 Å². The molecule has 1 amide bonds. The molecule has 23 heavy (non-hydrogen) atoms. The third kappa shape index (κ3) is 4.51. The summed E-state index contributed by atoms with van der Waals surface area (Å²) >= 11 is 1.97. The summed E-state index contributed by atoms with van der Waals surface area (Å²) in [5.74, 6) is 0.473. The summed E-state index contributed by atoms with van der Waals surface area (Å²) in [6.45, 7) is 4.88. The fraction of sp³-hybridized carbons (Fsp3) is 0.632. The minimum atomic E-state index is 0.192. The SMILES string of the molecule is Cc1ccc(SC2(CNC(=O)C3CCNCC3)CCCC2)cc1. The summed E-state index contributed by atoms with van der Waals surface area (Å²) in [5, 5.41) is 6.61. The van der Waals surface area contributed by atoms with Gasteiger partial charge in [0.15, 0.2) is 0 Å². The molecule has 2 aliphatic rings. The fourth-order valence-corrected chi connectivity index (χ4v) is 5.08. The van der Waals surface area contributed by atoms with E-state index in [1.807, 2.05) is 11.8 Å². The molecule has 3 rings (SSSR count). The van der Waals surface area contributed by atoms with Crippen molar-refractivity contribution in [1.29, 1.82) is 0 Å². The smallest absolute Gasteiger partial charge is 0.223 e. The van der Waals surface area contributed by atoms with Crippen molar-refractivity contribution in [3.63, 3.8) is 0 Å². The van der Waals surface area contributed by atoms with Gasteiger partial charge in [-0.05, 0) is 57.8 Å². The van der Waals surface area contributed by atoms with Crippen LogP contribution in [0, 0.1) is 12.8 Å². The Kier molecular flexibility index (Phi) is 5.65. The second-order valence-corrected chi connectivity index (χ2v) is 8.59. The molecule has 1 saturated heterocycles. The number of amides is 1. The van der Waals surface area contributed by atoms with Gasteiger partial charge in [0.25, 0.3) is 0 Å². The van der Waals surface area contributed by atoms with Crippen LogP contribution >= 0.6 is 11.8 Å². The highest BCUT2D eigenvalue weighted by Crippen LogP contribution is 2.45. The van der Waals surface area contributed by atoms with E-state index >= 15 is 0 Å². The summed E-state index contributed by atoms with van der Waals surface area (Å²) in [4.78, 5) is 13.8. The molecule has 126 valence electrons. The third-order valence-corrected chi connectivity index (χ3v) is 6.66. The Bertz CT molecular complexity index is 517. The number of piperidine rings is 1. The van der Waals surface area contributed by atoms with Gasteiger partial charge in [0.2, 0.25) is 5.91 Å². The van der Waals surface area contributed by atoms with Gasteiger partial charge in [0, 0.05) is 22.1 Å². The van der Waals surface area contributed by atoms with Crippen LogP contribution < -0.4 is 10.6 Å². The molecular formula is C19H28N2OS. The van der Waals surface area contributed by atoms with E-state index < -0.39 is 0 Å². The van der Waals surface area contributed by atoms with Crippen LogP contribution in [0.15, 0.2) is 29.2 Å². The Morgan fingerprint density at radius 1 is 1.22 bits per heavy atom. The lowest BCUT2D eigenvalue weighted by atomic mass is 9.97. The van der Waals surface area contributed by atoms with Crippen LogP contribution in [0.5, 0.6) is 0 Å². The van der Waals surface area contributed by atoms with Crippen LogP contribution in [0.1, 0.15) is 44.1 Å². The first kappa shape index (κ1) is 16.8. The average Bonchev–Trinajstić information content (AvgIpc) is 3.04. The molecule has 1 aliphatic carbocycles. The lowest BCUT2D eigenvalue weighted by Gasteiger charge is -2.30. The minimum absolute atomic E-state index is 0.192. The maximum atomic E-state index is 12.4. The zero-order valence-electron chi connectivity index (χ0n) is 14.1. The first-order chi connectivity index (χ1) is 11.2. The van der Waals surface area contributed by atoms with Crippen molar-refractivity contribution in [3.8, 4) is 0 Å². The van der Waals surface area contributed by atoms with Crippen molar-refractivity contribution in [2.24, 2.45) is 5.92 Å². The Balaban J connectivity index is 1.59. The van der Waals surface area contributed by atoms with Gasteiger partial charge >= 0.3 is 0 Å². The van der Waals surface area contributed by atoms with Gasteiger partial charge in [-0.2, -0.15) is 0 Å². The summed E-state index contributed by atoms with van der Waals surface area (Å²) in [6.07, 6.45) is 6.92. The molecule has 1 aliphatic heterocycles. The Morgan fingerprint density at radius 2 is 1.87 bits per heavy atom. The van der Waals surface area contributed by atoms with Gasteiger partial charge in [-0.1, -0.05) is 30.5 Å². The number of hydrogen-bond donors (Lipinski definition) is 2. The molecule has 4 heteroatoms. The van der Waals surface area contributed by atoms with Crippen molar-refractivity contribution in [2.45, 2.75) is 55.1 Å². The zero-order valence-corrected chi connectivity index (χ0v) is 14.9. The molecule has 2 fully saturated rings. The molecule has 0 unspecified atom stereocenters. The van der Waals surface area contributed by atoms with Crippen molar-refractivity contribution in [3.05, 3.63) is 29.8 Å². The van der Waals surface area contributed by atoms with Gasteiger partial charge < -0.3 is 10.6 Å². The molecule has 0 aromatic heterocycles. The lowest BCUT2D eigenvalue weighted by Crippen LogP contribution is -2.43. The topological polar surface area (TPSA) is 41.1 Å². The van der Waals surface area contributed by atoms with E-state index in [9.17, 15) is 4.79 Å². The fourth-order valence-electron chi connectivity index (χ4n) is 3.67. The first-order valence-electron chi connectivity index (χ1n) is 8.91. The van der Waals surface area contributed by atoms with Crippen LogP contribution in [0.3, 0.4) is 0 Å². The number of nitrogens with one attached hydrogen (secondary N) is 2. The molecule has 0 spiro atoms. The van der Waals surface area contributed by atoms with Crippen molar-refractivity contribution in [2.75, 3.05) is 19.6 Å². The molecule has 1 aromatic rings. The third-order valence-electron chi connectivity index (χ3n) is 5.16. The largest absolute Gasteiger partial charge is 0.354 e. The Hall–Kier alpha value is -1.00. The number of thioether (sulfide) groups is 1. The number of aryl methyl sites for hydroxylation is 1. The van der Waals surface area contributed by atoms with Crippen molar-refractivity contribution >= 4 is 17.7 Å². The summed E-state index contributed by atoms with van der Waals surface area (Å²) in [7, 11) is 0. The van der Waals surface area contributed by atoms with E-state index in [1.54, 1.807) is 0 Å². The van der Waals surface area contributed by atoms with Crippen LogP contribution in [0.2, 0.25) is 0 Å². The molecule has 0 atom stereocenters. The molecule has 1 saturated carbocycles. The molecule has 3 nitrogen and oxygen atoms in total. The van der Waals surface area contributed by atoms with E-state index in [0.717, 1.165) is 32.5 Å². The highest BCUT2D eigenvalue weighted by Gasteiger charge is 2.36. The predicted octanol–water partition coefficient (Wildman–Crippen LogP) is 3.52.